The van der Waals surface area contributed by atoms with Crippen LogP contribution in [0.5, 0.6) is 0 Å². The first-order valence-electron chi connectivity index (χ1n) is 3.67. The Kier molecular flexibility index (Phi) is 3.49. The molecule has 0 saturated heterocycles. The predicted molar refractivity (Wildman–Crippen MR) is 49.5 cm³/mol. The van der Waals surface area contributed by atoms with Crippen LogP contribution >= 0.6 is 15.9 Å². The van der Waals surface area contributed by atoms with E-state index < -0.39 is 12.1 Å². The number of nitrogens with zero attached hydrogens (tertiary/aromatic N) is 2. The fourth-order valence-corrected chi connectivity index (χ4v) is 1.48. The molecule has 3 nitrogen and oxygen atoms in total. The van der Waals surface area contributed by atoms with Crippen LogP contribution in [0.2, 0.25) is 0 Å². The molecule has 0 unspecified atom stereocenters. The van der Waals surface area contributed by atoms with Gasteiger partial charge in [-0.05, 0) is 22.0 Å². The number of nitrogens with two attached hydrogens (primary N) is 1. The first-order valence-corrected chi connectivity index (χ1v) is 4.47. The van der Waals surface area contributed by atoms with Gasteiger partial charge in [0.2, 0.25) is 0 Å². The van der Waals surface area contributed by atoms with E-state index in [4.69, 9.17) is 11.0 Å². The van der Waals surface area contributed by atoms with Crippen LogP contribution in [0, 0.1) is 11.3 Å². The van der Waals surface area contributed by atoms with Gasteiger partial charge in [0, 0.05) is 16.6 Å². The summed E-state index contributed by atoms with van der Waals surface area (Å²) in [6.45, 7) is 0.0952. The molecule has 0 aliphatic heterocycles. The summed E-state index contributed by atoms with van der Waals surface area (Å²) in [7, 11) is 0. The molecule has 2 N–H and O–H groups in total. The number of rotatable bonds is 2. The summed E-state index contributed by atoms with van der Waals surface area (Å²) in [5.74, 6) is 0. The van der Waals surface area contributed by atoms with Gasteiger partial charge >= 0.3 is 0 Å². The minimum absolute atomic E-state index is 0.0500. The third-order valence-electron chi connectivity index (χ3n) is 1.61. The molecular weight excluding hydrogens is 256 g/mol. The highest BCUT2D eigenvalue weighted by atomic mass is 79.9. The van der Waals surface area contributed by atoms with Crippen molar-refractivity contribution in [2.24, 2.45) is 5.73 Å². The zero-order chi connectivity index (χ0) is 10.7. The molecule has 1 aromatic rings. The van der Waals surface area contributed by atoms with Crippen LogP contribution in [0.1, 0.15) is 23.4 Å². The van der Waals surface area contributed by atoms with Crippen molar-refractivity contribution in [1.82, 2.24) is 4.98 Å². The van der Waals surface area contributed by atoms with Gasteiger partial charge in [-0.3, -0.25) is 0 Å². The molecule has 1 heterocycles. The zero-order valence-corrected chi connectivity index (χ0v) is 8.55. The molecule has 6 heteroatoms. The van der Waals surface area contributed by atoms with Gasteiger partial charge in [-0.2, -0.15) is 5.26 Å². The Bertz CT molecular complexity index is 387. The Hall–Kier alpha value is -1.06. The molecule has 14 heavy (non-hydrogen) atoms. The summed E-state index contributed by atoms with van der Waals surface area (Å²) in [5.41, 5.74) is 5.29. The molecule has 0 aromatic carbocycles. The lowest BCUT2D eigenvalue weighted by Crippen LogP contribution is -2.04. The Morgan fingerprint density at radius 2 is 2.29 bits per heavy atom. The maximum absolute atomic E-state index is 12.3. The van der Waals surface area contributed by atoms with Crippen molar-refractivity contribution >= 4 is 15.9 Å². The number of hydrogen-bond donors (Lipinski definition) is 1. The number of aromatic nitrogens is 1. The number of nitriles is 1. The minimum Gasteiger partial charge on any atom is -0.326 e. The van der Waals surface area contributed by atoms with Gasteiger partial charge in [-0.25, -0.2) is 13.8 Å². The Morgan fingerprint density at radius 1 is 1.64 bits per heavy atom. The first kappa shape index (κ1) is 11.0. The lowest BCUT2D eigenvalue weighted by Gasteiger charge is -2.06. The van der Waals surface area contributed by atoms with Crippen LogP contribution in [-0.4, -0.2) is 4.98 Å². The normalized spacial score (nSPS) is 10.3. The number of halogens is 3. The molecule has 0 fully saturated rings. The first-order chi connectivity index (χ1) is 6.60. The van der Waals surface area contributed by atoms with E-state index in [1.165, 1.54) is 6.07 Å². The van der Waals surface area contributed by atoms with Crippen molar-refractivity contribution < 1.29 is 8.78 Å². The Labute approximate surface area is 87.7 Å². The SMILES string of the molecule is N#Cc1nc(C(F)F)c(Br)cc1CN. The van der Waals surface area contributed by atoms with Crippen molar-refractivity contribution in [1.29, 1.82) is 5.26 Å². The molecule has 0 saturated carbocycles. The van der Waals surface area contributed by atoms with E-state index in [0.29, 0.717) is 5.56 Å². The maximum Gasteiger partial charge on any atom is 0.281 e. The molecule has 0 atom stereocenters. The second-order valence-electron chi connectivity index (χ2n) is 2.48. The Balaban J connectivity index is 3.32. The van der Waals surface area contributed by atoms with Crippen LogP contribution in [0.25, 0.3) is 0 Å². The minimum atomic E-state index is -2.71. The topological polar surface area (TPSA) is 62.7 Å². The van der Waals surface area contributed by atoms with Crippen LogP contribution in [0.3, 0.4) is 0 Å². The maximum atomic E-state index is 12.3. The number of hydrogen-bond acceptors (Lipinski definition) is 3. The van der Waals surface area contributed by atoms with Crippen molar-refractivity contribution in [3.05, 3.63) is 27.5 Å². The highest BCUT2D eigenvalue weighted by Gasteiger charge is 2.16. The van der Waals surface area contributed by atoms with Gasteiger partial charge in [0.1, 0.15) is 17.5 Å². The highest BCUT2D eigenvalue weighted by molar-refractivity contribution is 9.10. The van der Waals surface area contributed by atoms with E-state index in [9.17, 15) is 8.78 Å². The molecule has 0 aliphatic carbocycles. The molecular formula is C8H6BrF2N3. The molecule has 0 bridgehead atoms. The van der Waals surface area contributed by atoms with Gasteiger partial charge in [-0.15, -0.1) is 0 Å². The van der Waals surface area contributed by atoms with Crippen LogP contribution in [0.15, 0.2) is 10.5 Å². The summed E-state index contributed by atoms with van der Waals surface area (Å²) >= 11 is 2.94. The van der Waals surface area contributed by atoms with E-state index in [1.54, 1.807) is 6.07 Å². The van der Waals surface area contributed by atoms with Gasteiger partial charge < -0.3 is 5.73 Å². The lowest BCUT2D eigenvalue weighted by molar-refractivity contribution is 0.145. The average molecular weight is 262 g/mol. The van der Waals surface area contributed by atoms with Gasteiger partial charge in [-0.1, -0.05) is 0 Å². The second-order valence-corrected chi connectivity index (χ2v) is 3.33. The lowest BCUT2D eigenvalue weighted by atomic mass is 10.2. The van der Waals surface area contributed by atoms with E-state index in [1.807, 2.05) is 0 Å². The van der Waals surface area contributed by atoms with Gasteiger partial charge in [0.15, 0.2) is 0 Å². The van der Waals surface area contributed by atoms with E-state index in [0.717, 1.165) is 0 Å². The fourth-order valence-electron chi connectivity index (χ4n) is 0.946. The zero-order valence-electron chi connectivity index (χ0n) is 6.97. The standard InChI is InChI=1S/C8H6BrF2N3/c9-5-1-4(2-12)6(3-13)14-7(5)8(10)11/h1,8H,2,12H2. The quantitative estimate of drug-likeness (QED) is 0.887. The summed E-state index contributed by atoms with van der Waals surface area (Å²) < 4.78 is 24.9. The third-order valence-corrected chi connectivity index (χ3v) is 2.25. The predicted octanol–water partition coefficient (Wildman–Crippen LogP) is 2.11. The largest absolute Gasteiger partial charge is 0.326 e. The van der Waals surface area contributed by atoms with E-state index in [2.05, 4.69) is 20.9 Å². The van der Waals surface area contributed by atoms with Crippen LogP contribution < -0.4 is 5.73 Å². The van der Waals surface area contributed by atoms with E-state index >= 15 is 0 Å². The monoisotopic (exact) mass is 261 g/mol. The summed E-state index contributed by atoms with van der Waals surface area (Å²) in [6, 6.07) is 3.12. The average Bonchev–Trinajstić information content (AvgIpc) is 2.16. The van der Waals surface area contributed by atoms with Crippen molar-refractivity contribution in [2.45, 2.75) is 13.0 Å². The third kappa shape index (κ3) is 2.05. The molecule has 0 radical (unpaired) electrons. The smallest absolute Gasteiger partial charge is 0.281 e. The summed E-state index contributed by atoms with van der Waals surface area (Å²) in [5, 5.41) is 8.62. The van der Waals surface area contributed by atoms with Crippen molar-refractivity contribution in [3.63, 3.8) is 0 Å². The summed E-state index contributed by atoms with van der Waals surface area (Å²) in [6.07, 6.45) is -2.71. The molecule has 74 valence electrons. The summed E-state index contributed by atoms with van der Waals surface area (Å²) in [4.78, 5) is 3.52. The molecule has 0 spiro atoms. The van der Waals surface area contributed by atoms with Crippen molar-refractivity contribution in [3.8, 4) is 6.07 Å². The van der Waals surface area contributed by atoms with Gasteiger partial charge in [0.25, 0.3) is 6.43 Å². The number of pyridine rings is 1. The molecule has 0 amide bonds. The highest BCUT2D eigenvalue weighted by Crippen LogP contribution is 2.27. The molecule has 1 rings (SSSR count). The van der Waals surface area contributed by atoms with Crippen LogP contribution in [-0.2, 0) is 6.54 Å². The second kappa shape index (κ2) is 4.44. The van der Waals surface area contributed by atoms with Crippen LogP contribution in [0.4, 0.5) is 8.78 Å². The Morgan fingerprint density at radius 3 is 2.71 bits per heavy atom. The number of alkyl halides is 2. The molecule has 1 aromatic heterocycles. The van der Waals surface area contributed by atoms with Crippen molar-refractivity contribution in [2.75, 3.05) is 0 Å². The van der Waals surface area contributed by atoms with E-state index in [-0.39, 0.29) is 16.7 Å². The fraction of sp³-hybridized carbons (Fsp3) is 0.250. The molecule has 0 aliphatic rings. The van der Waals surface area contributed by atoms with Gasteiger partial charge in [0.05, 0.1) is 0 Å².